The maximum atomic E-state index is 4.05. The molecule has 0 N–H and O–H groups in total. The van der Waals surface area contributed by atoms with E-state index < -0.39 is 0 Å². The van der Waals surface area contributed by atoms with E-state index in [4.69, 9.17) is 0 Å². The van der Waals surface area contributed by atoms with E-state index in [0.717, 1.165) is 32.7 Å². The Morgan fingerprint density at radius 3 is 1.52 bits per heavy atom. The third-order valence-electron chi connectivity index (χ3n) is 2.64. The molecule has 3 nitrogen and oxygen atoms in total. The minimum atomic E-state index is 0. The van der Waals surface area contributed by atoms with E-state index in [9.17, 15) is 0 Å². The van der Waals surface area contributed by atoms with Gasteiger partial charge in [0.15, 0.2) is 0 Å². The first kappa shape index (κ1) is 26.1. The summed E-state index contributed by atoms with van der Waals surface area (Å²) in [4.78, 5) is 0. The normalized spacial score (nSPS) is 12.0. The van der Waals surface area contributed by atoms with Crippen LogP contribution in [-0.4, -0.2) is 39.8 Å². The van der Waals surface area contributed by atoms with Gasteiger partial charge in [0, 0.05) is 25.8 Å². The molecule has 0 fully saturated rings. The summed E-state index contributed by atoms with van der Waals surface area (Å²) in [5, 5.41) is 12.0. The Morgan fingerprint density at radius 2 is 1.24 bits per heavy atom. The van der Waals surface area contributed by atoms with E-state index in [1.807, 2.05) is 34.7 Å². The van der Waals surface area contributed by atoms with Crippen molar-refractivity contribution in [1.82, 2.24) is 0 Å². The molecular weight excluding hydrogens is 425 g/mol. The smallest absolute Gasteiger partial charge is 0 e. The third-order valence-corrected chi connectivity index (χ3v) is 2.64. The molecule has 0 aliphatic heterocycles. The first-order valence-electron chi connectivity index (χ1n) is 7.93. The SMILES string of the molecule is CC[N-]CC.CC[N-]CC.C[N-]CCCC1C=CC=C1.[Hf]. The Bertz CT molecular complexity index is 196. The fourth-order valence-corrected chi connectivity index (χ4v) is 1.60. The summed E-state index contributed by atoms with van der Waals surface area (Å²) in [7, 11) is 1.88. The second kappa shape index (κ2) is 25.2. The third kappa shape index (κ3) is 25.5. The fourth-order valence-electron chi connectivity index (χ4n) is 1.60. The average molecular weight is 459 g/mol. The van der Waals surface area contributed by atoms with Crippen LogP contribution in [0.2, 0.25) is 0 Å². The molecule has 0 amide bonds. The Hall–Kier alpha value is 0.230. The molecule has 0 aromatic carbocycles. The van der Waals surface area contributed by atoms with Gasteiger partial charge in [-0.15, -0.1) is 6.54 Å². The van der Waals surface area contributed by atoms with Crippen LogP contribution in [0.4, 0.5) is 0 Å². The summed E-state index contributed by atoms with van der Waals surface area (Å²) in [6.45, 7) is 13.1. The van der Waals surface area contributed by atoms with Gasteiger partial charge < -0.3 is 16.0 Å². The van der Waals surface area contributed by atoms with Crippen molar-refractivity contribution in [1.29, 1.82) is 0 Å². The molecule has 0 bridgehead atoms. The fraction of sp³-hybridized carbons (Fsp3) is 0.765. The predicted octanol–water partition coefficient (Wildman–Crippen LogP) is 5.31. The van der Waals surface area contributed by atoms with E-state index in [-0.39, 0.29) is 25.8 Å². The van der Waals surface area contributed by atoms with Crippen molar-refractivity contribution in [2.75, 3.05) is 39.8 Å². The summed E-state index contributed by atoms with van der Waals surface area (Å²) < 4.78 is 0. The average Bonchev–Trinajstić information content (AvgIpc) is 2.96. The molecule has 0 spiro atoms. The second-order valence-electron chi connectivity index (χ2n) is 4.33. The molecule has 1 rings (SSSR count). The molecule has 0 radical (unpaired) electrons. The first-order valence-corrected chi connectivity index (χ1v) is 7.93. The van der Waals surface area contributed by atoms with Crippen molar-refractivity contribution in [2.45, 2.75) is 40.5 Å². The number of rotatable bonds is 8. The predicted molar refractivity (Wildman–Crippen MR) is 94.0 cm³/mol. The summed E-state index contributed by atoms with van der Waals surface area (Å²) in [5.74, 6) is 0.696. The molecule has 0 unspecified atom stereocenters. The number of hydrogen-bond acceptors (Lipinski definition) is 0. The van der Waals surface area contributed by atoms with E-state index >= 15 is 0 Å². The Labute approximate surface area is 152 Å². The number of allylic oxidation sites excluding steroid dienone is 4. The van der Waals surface area contributed by atoms with E-state index in [2.05, 4.69) is 40.3 Å². The van der Waals surface area contributed by atoms with Gasteiger partial charge in [0.25, 0.3) is 0 Å². The van der Waals surface area contributed by atoms with Crippen molar-refractivity contribution in [3.8, 4) is 0 Å². The molecular formula is C17H34HfN3-3. The second-order valence-corrected chi connectivity index (χ2v) is 4.33. The van der Waals surface area contributed by atoms with E-state index in [1.165, 1.54) is 12.8 Å². The van der Waals surface area contributed by atoms with Gasteiger partial charge in [-0.25, -0.2) is 0 Å². The number of nitrogens with zero attached hydrogens (tertiary/aromatic N) is 3. The summed E-state index contributed by atoms with van der Waals surface area (Å²) in [6.07, 6.45) is 11.2. The minimum Gasteiger partial charge on any atom is -0.665 e. The van der Waals surface area contributed by atoms with Crippen LogP contribution in [0.3, 0.4) is 0 Å². The van der Waals surface area contributed by atoms with Crippen LogP contribution in [0.25, 0.3) is 16.0 Å². The van der Waals surface area contributed by atoms with Crippen LogP contribution in [0, 0.1) is 5.92 Å². The van der Waals surface area contributed by atoms with Gasteiger partial charge >= 0.3 is 0 Å². The molecule has 0 atom stereocenters. The van der Waals surface area contributed by atoms with Crippen LogP contribution in [-0.2, 0) is 25.8 Å². The van der Waals surface area contributed by atoms with Crippen LogP contribution >= 0.6 is 0 Å². The molecule has 124 valence electrons. The summed E-state index contributed by atoms with van der Waals surface area (Å²) in [6, 6.07) is 0. The van der Waals surface area contributed by atoms with Crippen molar-refractivity contribution in [3.63, 3.8) is 0 Å². The molecule has 1 aliphatic rings. The van der Waals surface area contributed by atoms with Crippen LogP contribution < -0.4 is 0 Å². The molecule has 0 heterocycles. The van der Waals surface area contributed by atoms with Crippen molar-refractivity contribution < 1.29 is 25.8 Å². The maximum Gasteiger partial charge on any atom is 0 e. The van der Waals surface area contributed by atoms with Gasteiger partial charge in [0.05, 0.1) is 0 Å². The number of hydrogen-bond donors (Lipinski definition) is 0. The van der Waals surface area contributed by atoms with Gasteiger partial charge in [-0.05, 0) is 12.3 Å². The standard InChI is InChI=1S/C9H14N.2C4H10N.Hf/c1-10-8-4-7-9-5-2-3-6-9;2*1-3-5-4-2;/h2-3,5-6,9H,4,7-8H2,1H3;2*3-4H2,1-2H3;/q3*-1;. The van der Waals surface area contributed by atoms with Crippen LogP contribution in [0.5, 0.6) is 0 Å². The molecule has 0 aromatic heterocycles. The zero-order valence-electron chi connectivity index (χ0n) is 14.7. The van der Waals surface area contributed by atoms with Gasteiger partial charge in [0.2, 0.25) is 0 Å². The Balaban J connectivity index is -0.000000254. The quantitative estimate of drug-likeness (QED) is 0.349. The Morgan fingerprint density at radius 1 is 0.810 bits per heavy atom. The van der Waals surface area contributed by atoms with Gasteiger partial charge in [-0.1, -0.05) is 58.4 Å². The van der Waals surface area contributed by atoms with E-state index in [1.54, 1.807) is 0 Å². The topological polar surface area (TPSA) is 42.3 Å². The van der Waals surface area contributed by atoms with Crippen LogP contribution in [0.15, 0.2) is 24.3 Å². The largest absolute Gasteiger partial charge is 0.665 e. The summed E-state index contributed by atoms with van der Waals surface area (Å²) in [5.41, 5.74) is 0. The van der Waals surface area contributed by atoms with Crippen molar-refractivity contribution >= 4 is 0 Å². The molecule has 1 aliphatic carbocycles. The molecule has 0 saturated heterocycles. The van der Waals surface area contributed by atoms with Crippen molar-refractivity contribution in [2.24, 2.45) is 5.92 Å². The summed E-state index contributed by atoms with van der Waals surface area (Å²) >= 11 is 0. The monoisotopic (exact) mass is 460 g/mol. The van der Waals surface area contributed by atoms with Crippen molar-refractivity contribution in [3.05, 3.63) is 40.3 Å². The van der Waals surface area contributed by atoms with Gasteiger partial charge in [0.1, 0.15) is 0 Å². The molecule has 4 heteroatoms. The molecule has 21 heavy (non-hydrogen) atoms. The molecule has 0 saturated carbocycles. The van der Waals surface area contributed by atoms with Gasteiger partial charge in [-0.3, -0.25) is 0 Å². The van der Waals surface area contributed by atoms with E-state index in [0.29, 0.717) is 5.92 Å². The van der Waals surface area contributed by atoms with Crippen LogP contribution in [0.1, 0.15) is 40.5 Å². The Kier molecular flexibility index (Phi) is 31.4. The zero-order valence-corrected chi connectivity index (χ0v) is 18.3. The van der Waals surface area contributed by atoms with Gasteiger partial charge in [-0.2, -0.15) is 33.2 Å². The minimum absolute atomic E-state index is 0. The maximum absolute atomic E-state index is 4.05. The molecule has 0 aromatic rings. The first-order chi connectivity index (χ1) is 9.76. The zero-order chi connectivity index (χ0) is 15.5.